The molecular weight excluding hydrogens is 198 g/mol. The second kappa shape index (κ2) is 7.23. The lowest BCUT2D eigenvalue weighted by Gasteiger charge is -2.15. The van der Waals surface area contributed by atoms with Crippen molar-refractivity contribution in [1.82, 2.24) is 5.32 Å². The van der Waals surface area contributed by atoms with E-state index in [-0.39, 0.29) is 18.6 Å². The summed E-state index contributed by atoms with van der Waals surface area (Å²) in [5.74, 6) is -1.33. The number of carboxylic acids is 1. The van der Waals surface area contributed by atoms with E-state index in [0.29, 0.717) is 0 Å². The van der Waals surface area contributed by atoms with Gasteiger partial charge in [0.25, 0.3) is 0 Å². The quantitative estimate of drug-likeness (QED) is 0.660. The van der Waals surface area contributed by atoms with Crippen LogP contribution < -0.4 is 5.32 Å². The molecule has 0 aliphatic carbocycles. The predicted octanol–water partition coefficient (Wildman–Crippen LogP) is 0.781. The lowest BCUT2D eigenvalue weighted by Crippen LogP contribution is -2.37. The first-order valence-corrected chi connectivity index (χ1v) is 5.15. The molecule has 0 saturated carbocycles. The molecule has 0 rings (SSSR count). The number of carbonyl (C=O) groups is 2. The minimum atomic E-state index is -1.06. The predicted molar refractivity (Wildman–Crippen MR) is 55.6 cm³/mol. The van der Waals surface area contributed by atoms with Crippen molar-refractivity contribution in [3.05, 3.63) is 0 Å². The summed E-state index contributed by atoms with van der Waals surface area (Å²) >= 11 is 0. The van der Waals surface area contributed by atoms with E-state index in [0.717, 1.165) is 12.8 Å². The molecule has 0 bridgehead atoms. The van der Waals surface area contributed by atoms with Gasteiger partial charge in [-0.15, -0.1) is 0 Å². The minimum Gasteiger partial charge on any atom is -0.479 e. The van der Waals surface area contributed by atoms with Crippen LogP contribution in [0.1, 0.15) is 33.6 Å². The molecule has 2 N–H and O–H groups in total. The third-order valence-electron chi connectivity index (χ3n) is 2.16. The fourth-order valence-electron chi connectivity index (χ4n) is 1.03. The van der Waals surface area contributed by atoms with Crippen LogP contribution in [-0.2, 0) is 14.3 Å². The molecule has 0 aliphatic heterocycles. The summed E-state index contributed by atoms with van der Waals surface area (Å²) in [4.78, 5) is 21.7. The minimum absolute atomic E-state index is 0.140. The molecular formula is C10H19NO4. The van der Waals surface area contributed by atoms with Crippen LogP contribution in [0.15, 0.2) is 0 Å². The van der Waals surface area contributed by atoms with Crippen LogP contribution >= 0.6 is 0 Å². The Morgan fingerprint density at radius 1 is 1.33 bits per heavy atom. The van der Waals surface area contributed by atoms with Crippen LogP contribution in [0, 0.1) is 0 Å². The first kappa shape index (κ1) is 13.9. The highest BCUT2D eigenvalue weighted by molar-refractivity contribution is 5.78. The first-order chi connectivity index (χ1) is 7.01. The molecule has 5 heteroatoms. The van der Waals surface area contributed by atoms with Crippen LogP contribution in [0.2, 0.25) is 0 Å². The molecule has 1 amide bonds. The Balaban J connectivity index is 3.79. The number of rotatable bonds is 7. The van der Waals surface area contributed by atoms with Gasteiger partial charge in [-0.2, -0.15) is 0 Å². The number of hydrogen-bond acceptors (Lipinski definition) is 3. The Hall–Kier alpha value is -1.10. The van der Waals surface area contributed by atoms with Gasteiger partial charge in [-0.25, -0.2) is 4.79 Å². The van der Waals surface area contributed by atoms with Gasteiger partial charge in [0.2, 0.25) is 5.91 Å². The van der Waals surface area contributed by atoms with Crippen molar-refractivity contribution in [3.63, 3.8) is 0 Å². The molecule has 0 aliphatic rings. The number of carbonyl (C=O) groups excluding carboxylic acids is 1. The second-order valence-corrected chi connectivity index (χ2v) is 3.37. The Labute approximate surface area is 89.8 Å². The van der Waals surface area contributed by atoms with E-state index >= 15 is 0 Å². The average molecular weight is 217 g/mol. The van der Waals surface area contributed by atoms with Crippen molar-refractivity contribution in [2.24, 2.45) is 0 Å². The highest BCUT2D eigenvalue weighted by Gasteiger charge is 2.14. The Morgan fingerprint density at radius 3 is 2.27 bits per heavy atom. The summed E-state index contributed by atoms with van der Waals surface area (Å²) in [6, 6.07) is 0.140. The van der Waals surface area contributed by atoms with Gasteiger partial charge in [0, 0.05) is 6.04 Å². The van der Waals surface area contributed by atoms with Crippen LogP contribution in [0.3, 0.4) is 0 Å². The maximum Gasteiger partial charge on any atom is 0.332 e. The van der Waals surface area contributed by atoms with Crippen molar-refractivity contribution in [2.45, 2.75) is 45.8 Å². The van der Waals surface area contributed by atoms with Gasteiger partial charge >= 0.3 is 5.97 Å². The van der Waals surface area contributed by atoms with Gasteiger partial charge < -0.3 is 15.2 Å². The van der Waals surface area contributed by atoms with Crippen LogP contribution in [0.25, 0.3) is 0 Å². The summed E-state index contributed by atoms with van der Waals surface area (Å²) in [5, 5.41) is 11.3. The van der Waals surface area contributed by atoms with Crippen molar-refractivity contribution in [2.75, 3.05) is 6.61 Å². The first-order valence-electron chi connectivity index (χ1n) is 5.15. The van der Waals surface area contributed by atoms with Crippen molar-refractivity contribution >= 4 is 11.9 Å². The molecule has 0 aromatic carbocycles. The molecule has 88 valence electrons. The van der Waals surface area contributed by atoms with E-state index in [1.165, 1.54) is 6.92 Å². The van der Waals surface area contributed by atoms with Crippen LogP contribution in [0.5, 0.6) is 0 Å². The standard InChI is InChI=1S/C10H19NO4/c1-4-8(5-2)11-9(12)6-15-7(3)10(13)14/h7-8H,4-6H2,1-3H3,(H,11,12)(H,13,14)/t7-/m1/s1. The highest BCUT2D eigenvalue weighted by atomic mass is 16.5. The summed E-state index contributed by atoms with van der Waals surface area (Å²) in [6.07, 6.45) is 0.769. The number of amides is 1. The zero-order valence-corrected chi connectivity index (χ0v) is 9.45. The summed E-state index contributed by atoms with van der Waals surface area (Å²) in [6.45, 7) is 5.15. The van der Waals surface area contributed by atoms with Crippen molar-refractivity contribution in [3.8, 4) is 0 Å². The number of aliphatic carboxylic acids is 1. The molecule has 0 fully saturated rings. The highest BCUT2D eigenvalue weighted by Crippen LogP contribution is 1.96. The van der Waals surface area contributed by atoms with Gasteiger partial charge in [-0.05, 0) is 19.8 Å². The molecule has 0 aromatic heterocycles. The van der Waals surface area contributed by atoms with Gasteiger partial charge in [-0.3, -0.25) is 4.79 Å². The summed E-state index contributed by atoms with van der Waals surface area (Å²) < 4.78 is 4.84. The monoisotopic (exact) mass is 217 g/mol. The summed E-state index contributed by atoms with van der Waals surface area (Å²) in [5.41, 5.74) is 0. The number of ether oxygens (including phenoxy) is 1. The molecule has 0 radical (unpaired) electrons. The molecule has 15 heavy (non-hydrogen) atoms. The van der Waals surface area contributed by atoms with Gasteiger partial charge in [-0.1, -0.05) is 13.8 Å². The van der Waals surface area contributed by atoms with E-state index in [4.69, 9.17) is 9.84 Å². The molecule has 0 aromatic rings. The fraction of sp³-hybridized carbons (Fsp3) is 0.800. The van der Waals surface area contributed by atoms with E-state index in [1.54, 1.807) is 0 Å². The number of hydrogen-bond donors (Lipinski definition) is 2. The molecule has 1 atom stereocenters. The maximum atomic E-state index is 11.3. The van der Waals surface area contributed by atoms with Crippen molar-refractivity contribution < 1.29 is 19.4 Å². The largest absolute Gasteiger partial charge is 0.479 e. The van der Waals surface area contributed by atoms with E-state index < -0.39 is 12.1 Å². The molecule has 0 spiro atoms. The van der Waals surface area contributed by atoms with Crippen LogP contribution in [0.4, 0.5) is 0 Å². The maximum absolute atomic E-state index is 11.3. The van der Waals surface area contributed by atoms with Crippen molar-refractivity contribution in [1.29, 1.82) is 0 Å². The zero-order chi connectivity index (χ0) is 11.8. The normalized spacial score (nSPS) is 12.5. The second-order valence-electron chi connectivity index (χ2n) is 3.37. The zero-order valence-electron chi connectivity index (χ0n) is 9.45. The SMILES string of the molecule is CCC(CC)NC(=O)CO[C@H](C)C(=O)O. The number of carboxylic acid groups (broad SMARTS) is 1. The molecule has 0 heterocycles. The summed E-state index contributed by atoms with van der Waals surface area (Å²) in [7, 11) is 0. The number of nitrogens with one attached hydrogen (secondary N) is 1. The third-order valence-corrected chi connectivity index (χ3v) is 2.16. The van der Waals surface area contributed by atoms with E-state index in [9.17, 15) is 9.59 Å². The molecule has 0 unspecified atom stereocenters. The Bertz CT molecular complexity index is 213. The lowest BCUT2D eigenvalue weighted by molar-refractivity contribution is -0.150. The topological polar surface area (TPSA) is 75.6 Å². The smallest absolute Gasteiger partial charge is 0.332 e. The van der Waals surface area contributed by atoms with E-state index in [1.807, 2.05) is 13.8 Å². The van der Waals surface area contributed by atoms with Gasteiger partial charge in [0.15, 0.2) is 6.10 Å². The molecule has 5 nitrogen and oxygen atoms in total. The van der Waals surface area contributed by atoms with E-state index in [2.05, 4.69) is 5.32 Å². The fourth-order valence-corrected chi connectivity index (χ4v) is 1.03. The third kappa shape index (κ3) is 6.06. The molecule has 0 saturated heterocycles. The van der Waals surface area contributed by atoms with Crippen LogP contribution in [-0.4, -0.2) is 35.7 Å². The lowest BCUT2D eigenvalue weighted by atomic mass is 10.2. The average Bonchev–Trinajstić information content (AvgIpc) is 2.22. The van der Waals surface area contributed by atoms with Gasteiger partial charge in [0.1, 0.15) is 6.61 Å². The Kier molecular flexibility index (Phi) is 6.70. The Morgan fingerprint density at radius 2 is 1.87 bits per heavy atom. The van der Waals surface area contributed by atoms with Gasteiger partial charge in [0.05, 0.1) is 0 Å².